The Kier molecular flexibility index (Phi) is 5.81. The number of amides is 2. The molecule has 0 saturated heterocycles. The normalized spacial score (nSPS) is 19.0. The van der Waals surface area contributed by atoms with E-state index in [1.54, 1.807) is 18.2 Å². The zero-order chi connectivity index (χ0) is 22.0. The van der Waals surface area contributed by atoms with Gasteiger partial charge in [0.05, 0.1) is 30.9 Å². The number of methoxy groups -OCH3 is 2. The highest BCUT2D eigenvalue weighted by atomic mass is 16.6. The van der Waals surface area contributed by atoms with Gasteiger partial charge in [0, 0.05) is 23.8 Å². The lowest BCUT2D eigenvalue weighted by molar-refractivity contribution is -0.385. The number of ether oxygens (including phenoxy) is 2. The van der Waals surface area contributed by atoms with Crippen LogP contribution in [0.25, 0.3) is 0 Å². The van der Waals surface area contributed by atoms with Crippen molar-refractivity contribution in [1.29, 1.82) is 0 Å². The summed E-state index contributed by atoms with van der Waals surface area (Å²) < 4.78 is 10.2. The third-order valence-corrected chi connectivity index (χ3v) is 4.85. The summed E-state index contributed by atoms with van der Waals surface area (Å²) in [5, 5.41) is 14.2. The van der Waals surface area contributed by atoms with Gasteiger partial charge in [-0.1, -0.05) is 19.9 Å². The molecule has 0 bridgehead atoms. The number of nitrogens with zero attached hydrogens (tertiary/aromatic N) is 2. The molecule has 1 unspecified atom stereocenters. The van der Waals surface area contributed by atoms with Crippen LogP contribution in [0.4, 0.5) is 5.69 Å². The number of carbonyl (C=O) groups excluding carboxylic acids is 2. The molecule has 30 heavy (non-hydrogen) atoms. The Bertz CT molecular complexity index is 1050. The van der Waals surface area contributed by atoms with Gasteiger partial charge in [0.1, 0.15) is 5.56 Å². The highest BCUT2D eigenvalue weighted by Gasteiger charge is 2.29. The van der Waals surface area contributed by atoms with E-state index in [1.165, 1.54) is 20.3 Å². The average molecular weight is 411 g/mol. The smallest absolute Gasteiger partial charge is 0.286 e. The number of aliphatic imine (C=N–C) groups is 1. The van der Waals surface area contributed by atoms with Gasteiger partial charge in [-0.2, -0.15) is 0 Å². The van der Waals surface area contributed by atoms with Gasteiger partial charge in [0.15, 0.2) is 11.5 Å². The number of hydrogen-bond donors (Lipinski definition) is 1. The molecular weight excluding hydrogens is 390 g/mol. The summed E-state index contributed by atoms with van der Waals surface area (Å²) in [5.74, 6) is -0.669. The van der Waals surface area contributed by atoms with E-state index in [1.807, 2.05) is 19.9 Å². The maximum absolute atomic E-state index is 12.8. The Morgan fingerprint density at radius 2 is 1.87 bits per heavy atom. The van der Waals surface area contributed by atoms with Gasteiger partial charge in [-0.25, -0.2) is 4.99 Å². The van der Waals surface area contributed by atoms with Crippen LogP contribution < -0.4 is 14.8 Å². The molecule has 9 heteroatoms. The molecule has 1 N–H and O–H groups in total. The van der Waals surface area contributed by atoms with Crippen molar-refractivity contribution < 1.29 is 24.0 Å². The van der Waals surface area contributed by atoms with Gasteiger partial charge >= 0.3 is 0 Å². The van der Waals surface area contributed by atoms with Gasteiger partial charge in [-0.15, -0.1) is 0 Å². The Balaban J connectivity index is 1.99. The van der Waals surface area contributed by atoms with Crippen LogP contribution in [0.1, 0.15) is 24.2 Å². The fourth-order valence-corrected chi connectivity index (χ4v) is 3.38. The molecule has 0 aromatic heterocycles. The minimum atomic E-state index is -0.806. The van der Waals surface area contributed by atoms with Gasteiger partial charge in [-0.3, -0.25) is 19.7 Å². The first-order valence-corrected chi connectivity index (χ1v) is 9.20. The van der Waals surface area contributed by atoms with Gasteiger partial charge in [-0.05, 0) is 23.6 Å². The van der Waals surface area contributed by atoms with E-state index in [-0.39, 0.29) is 40.5 Å². The molecule has 0 saturated carbocycles. The van der Waals surface area contributed by atoms with E-state index in [0.717, 1.165) is 11.6 Å². The number of rotatable bonds is 5. The zero-order valence-corrected chi connectivity index (χ0v) is 17.0. The van der Waals surface area contributed by atoms with Crippen molar-refractivity contribution in [2.75, 3.05) is 14.2 Å². The Hall–Kier alpha value is -3.75. The molecule has 1 aromatic carbocycles. The summed E-state index contributed by atoms with van der Waals surface area (Å²) in [7, 11) is 2.71. The van der Waals surface area contributed by atoms with Crippen molar-refractivity contribution in [2.45, 2.75) is 13.8 Å². The minimum Gasteiger partial charge on any atom is -0.493 e. The lowest BCUT2D eigenvalue weighted by Crippen LogP contribution is -2.34. The summed E-state index contributed by atoms with van der Waals surface area (Å²) >= 11 is 0. The number of nitrogens with one attached hydrogen (secondary N) is 1. The van der Waals surface area contributed by atoms with Crippen molar-refractivity contribution >= 4 is 23.2 Å². The van der Waals surface area contributed by atoms with Gasteiger partial charge in [0.25, 0.3) is 11.6 Å². The van der Waals surface area contributed by atoms with Gasteiger partial charge < -0.3 is 14.8 Å². The van der Waals surface area contributed by atoms with E-state index in [4.69, 9.17) is 9.47 Å². The second-order valence-electron chi connectivity index (χ2n) is 7.05. The van der Waals surface area contributed by atoms with Crippen molar-refractivity contribution in [1.82, 2.24) is 5.32 Å². The number of hydrogen-bond acceptors (Lipinski definition) is 6. The number of benzene rings is 1. The first-order valence-electron chi connectivity index (χ1n) is 9.20. The third-order valence-electron chi connectivity index (χ3n) is 4.85. The molecule has 0 fully saturated rings. The fraction of sp³-hybridized carbons (Fsp3) is 0.286. The van der Waals surface area contributed by atoms with E-state index in [0.29, 0.717) is 5.70 Å². The van der Waals surface area contributed by atoms with Crippen LogP contribution in [-0.4, -0.2) is 36.7 Å². The van der Waals surface area contributed by atoms with Crippen LogP contribution in [0, 0.1) is 22.0 Å². The molecule has 1 aliphatic heterocycles. The van der Waals surface area contributed by atoms with E-state index in [9.17, 15) is 19.7 Å². The largest absolute Gasteiger partial charge is 0.493 e. The quantitative estimate of drug-likeness (QED) is 0.587. The molecule has 1 aliphatic carbocycles. The summed E-state index contributed by atoms with van der Waals surface area (Å²) in [5.41, 5.74) is 1.18. The average Bonchev–Trinajstić information content (AvgIpc) is 2.71. The van der Waals surface area contributed by atoms with Crippen LogP contribution in [0.15, 0.2) is 52.7 Å². The van der Waals surface area contributed by atoms with Crippen LogP contribution in [-0.2, 0) is 4.79 Å². The van der Waals surface area contributed by atoms with Crippen molar-refractivity contribution in [3.05, 3.63) is 63.4 Å². The van der Waals surface area contributed by atoms with Crippen LogP contribution in [0.2, 0.25) is 0 Å². The number of carbonyl (C=O) groups is 2. The second-order valence-corrected chi connectivity index (χ2v) is 7.05. The van der Waals surface area contributed by atoms with Crippen molar-refractivity contribution in [2.24, 2.45) is 16.8 Å². The molecule has 1 atom stereocenters. The summed E-state index contributed by atoms with van der Waals surface area (Å²) in [6, 6.07) is 2.35. The maximum atomic E-state index is 12.8. The van der Waals surface area contributed by atoms with E-state index >= 15 is 0 Å². The summed E-state index contributed by atoms with van der Waals surface area (Å²) in [6.07, 6.45) is 6.68. The zero-order valence-electron chi connectivity index (χ0n) is 17.0. The fourth-order valence-electron chi connectivity index (χ4n) is 3.38. The Labute approximate surface area is 172 Å². The number of allylic oxidation sites excluding steroid dienone is 3. The molecule has 3 rings (SSSR count). The SMILES string of the molecule is COc1cc(C(=O)N=C2C=CC3C(=C2)NC(=O)C=C3C(C)C)c([N+](=O)[O-])cc1OC. The molecular formula is C21H21N3O6. The molecule has 1 aromatic rings. The molecule has 2 amide bonds. The summed E-state index contributed by atoms with van der Waals surface area (Å²) in [4.78, 5) is 39.5. The first-order chi connectivity index (χ1) is 14.2. The molecule has 156 valence electrons. The standard InChI is InChI=1S/C21H21N3O6/c1-11(2)14-9-20(25)23-16-7-12(5-6-13(14)16)22-21(26)15-8-18(29-3)19(30-4)10-17(15)24(27)28/h5-11,13H,1-4H3,(H,23,25). The second kappa shape index (κ2) is 8.32. The predicted octanol–water partition coefficient (Wildman–Crippen LogP) is 2.98. The lowest BCUT2D eigenvalue weighted by atomic mass is 9.82. The van der Waals surface area contributed by atoms with Crippen molar-refractivity contribution in [3.63, 3.8) is 0 Å². The van der Waals surface area contributed by atoms with Crippen LogP contribution in [0.3, 0.4) is 0 Å². The number of fused-ring (bicyclic) bond motifs is 1. The first kappa shape index (κ1) is 21.0. The van der Waals surface area contributed by atoms with Crippen LogP contribution >= 0.6 is 0 Å². The van der Waals surface area contributed by atoms with Crippen LogP contribution in [0.5, 0.6) is 11.5 Å². The monoisotopic (exact) mass is 411 g/mol. The number of nitro benzene ring substituents is 1. The maximum Gasteiger partial charge on any atom is 0.286 e. The van der Waals surface area contributed by atoms with Gasteiger partial charge in [0.2, 0.25) is 5.91 Å². The Morgan fingerprint density at radius 3 is 2.47 bits per heavy atom. The highest BCUT2D eigenvalue weighted by molar-refractivity contribution is 6.15. The summed E-state index contributed by atoms with van der Waals surface area (Å²) in [6.45, 7) is 4.00. The van der Waals surface area contributed by atoms with E-state index < -0.39 is 16.5 Å². The predicted molar refractivity (Wildman–Crippen MR) is 110 cm³/mol. The number of nitro groups is 1. The lowest BCUT2D eigenvalue weighted by Gasteiger charge is -2.29. The van der Waals surface area contributed by atoms with E-state index in [2.05, 4.69) is 10.3 Å². The molecule has 1 heterocycles. The topological polar surface area (TPSA) is 120 Å². The minimum absolute atomic E-state index is 0.104. The molecule has 0 spiro atoms. The highest BCUT2D eigenvalue weighted by Crippen LogP contribution is 2.35. The van der Waals surface area contributed by atoms with Crippen molar-refractivity contribution in [3.8, 4) is 11.5 Å². The molecule has 0 radical (unpaired) electrons. The third kappa shape index (κ3) is 4.00. The molecule has 9 nitrogen and oxygen atoms in total. The Morgan fingerprint density at radius 1 is 1.20 bits per heavy atom. The molecule has 2 aliphatic rings.